The van der Waals surface area contributed by atoms with Crippen molar-refractivity contribution in [1.82, 2.24) is 10.2 Å². The molecule has 2 heterocycles. The van der Waals surface area contributed by atoms with Crippen LogP contribution in [0, 0.1) is 0 Å². The highest BCUT2D eigenvalue weighted by Crippen LogP contribution is 2.31. The van der Waals surface area contributed by atoms with Crippen molar-refractivity contribution in [3.05, 3.63) is 35.2 Å². The van der Waals surface area contributed by atoms with Crippen molar-refractivity contribution in [2.75, 3.05) is 12.3 Å². The van der Waals surface area contributed by atoms with Crippen molar-refractivity contribution in [2.24, 2.45) is 0 Å². The fourth-order valence-electron chi connectivity index (χ4n) is 1.80. The van der Waals surface area contributed by atoms with E-state index in [1.165, 1.54) is 28.4 Å². The maximum Gasteiger partial charge on any atom is 0.313 e. The zero-order chi connectivity index (χ0) is 17.0. The first-order valence-corrected chi connectivity index (χ1v) is 8.63. The molecule has 120 valence electrons. The Morgan fingerprint density at radius 2 is 2.26 bits per heavy atom. The van der Waals surface area contributed by atoms with E-state index in [1.807, 2.05) is 0 Å². The topological polar surface area (TPSA) is 86.7 Å². The lowest BCUT2D eigenvalue weighted by atomic mass is 10.1. The van der Waals surface area contributed by atoms with Crippen LogP contribution in [0.1, 0.15) is 5.56 Å². The minimum absolute atomic E-state index is 0.0443. The van der Waals surface area contributed by atoms with E-state index in [1.54, 1.807) is 11.4 Å². The molecule has 1 saturated heterocycles. The first kappa shape index (κ1) is 17.4. The van der Waals surface area contributed by atoms with Gasteiger partial charge in [0.1, 0.15) is 5.57 Å². The van der Waals surface area contributed by atoms with Gasteiger partial charge in [0.05, 0.1) is 9.96 Å². The van der Waals surface area contributed by atoms with Gasteiger partial charge in [0.25, 0.3) is 11.8 Å². The monoisotopic (exact) mass is 368 g/mol. The fourth-order valence-corrected chi connectivity index (χ4v) is 3.82. The van der Waals surface area contributed by atoms with Crippen molar-refractivity contribution < 1.29 is 19.5 Å². The van der Waals surface area contributed by atoms with Gasteiger partial charge in [-0.25, -0.2) is 0 Å². The van der Waals surface area contributed by atoms with E-state index >= 15 is 0 Å². The van der Waals surface area contributed by atoms with Gasteiger partial charge in [-0.05, 0) is 35.3 Å². The lowest BCUT2D eigenvalue weighted by Crippen LogP contribution is -2.53. The van der Waals surface area contributed by atoms with Crippen LogP contribution in [0.5, 0.6) is 0 Å². The van der Waals surface area contributed by atoms with E-state index < -0.39 is 17.8 Å². The Balaban J connectivity index is 2.30. The zero-order valence-electron chi connectivity index (χ0n) is 11.8. The highest BCUT2D eigenvalue weighted by molar-refractivity contribution is 8.01. The molecule has 9 heteroatoms. The zero-order valence-corrected chi connectivity index (χ0v) is 14.2. The highest BCUT2D eigenvalue weighted by atomic mass is 32.2. The van der Waals surface area contributed by atoms with Gasteiger partial charge >= 0.3 is 5.97 Å². The number of nitrogens with one attached hydrogen (secondary N) is 1. The molecule has 0 bridgehead atoms. The van der Waals surface area contributed by atoms with E-state index in [0.29, 0.717) is 5.56 Å². The maximum absolute atomic E-state index is 12.4. The van der Waals surface area contributed by atoms with Gasteiger partial charge in [0.2, 0.25) is 0 Å². The second kappa shape index (κ2) is 7.53. The first-order chi connectivity index (χ1) is 10.9. The first-order valence-electron chi connectivity index (χ1n) is 6.36. The molecule has 0 spiro atoms. The van der Waals surface area contributed by atoms with Gasteiger partial charge < -0.3 is 5.11 Å². The largest absolute Gasteiger partial charge is 0.481 e. The number of amides is 2. The maximum atomic E-state index is 12.4. The molecule has 0 radical (unpaired) electrons. The summed E-state index contributed by atoms with van der Waals surface area (Å²) in [6.45, 7) is 3.75. The Labute approximate surface area is 145 Å². The molecule has 0 unspecified atom stereocenters. The number of aliphatic carboxylic acids is 1. The third kappa shape index (κ3) is 4.06. The van der Waals surface area contributed by atoms with Gasteiger partial charge in [-0.1, -0.05) is 6.08 Å². The molecule has 6 nitrogen and oxygen atoms in total. The summed E-state index contributed by atoms with van der Waals surface area (Å²) < 4.78 is 0.726. The Bertz CT molecular complexity index is 723. The van der Waals surface area contributed by atoms with Crippen molar-refractivity contribution in [1.29, 1.82) is 0 Å². The average molecular weight is 368 g/mol. The van der Waals surface area contributed by atoms with Crippen molar-refractivity contribution in [2.45, 2.75) is 4.21 Å². The molecule has 0 atom stereocenters. The lowest BCUT2D eigenvalue weighted by Gasteiger charge is -2.27. The van der Waals surface area contributed by atoms with Crippen molar-refractivity contribution in [3.63, 3.8) is 0 Å². The Hall–Kier alpha value is -1.97. The van der Waals surface area contributed by atoms with Gasteiger partial charge in [-0.15, -0.1) is 29.7 Å². The van der Waals surface area contributed by atoms with Crippen LogP contribution in [0.3, 0.4) is 0 Å². The molecule has 23 heavy (non-hydrogen) atoms. The average Bonchev–Trinajstić information content (AvgIpc) is 2.93. The molecule has 1 aromatic rings. The lowest BCUT2D eigenvalue weighted by molar-refractivity contribution is -0.134. The Morgan fingerprint density at radius 3 is 2.91 bits per heavy atom. The molecule has 0 saturated carbocycles. The SMILES string of the molecule is C=CCN1C(=O)/C(=C/c2ccsc2SCC(=O)O)C(=O)NC1=S. The number of hydrogen-bond donors (Lipinski definition) is 2. The standard InChI is InChI=1S/C14H12N2O4S3/c1-2-4-16-12(20)9(11(19)15-14(16)21)6-8-3-5-22-13(8)23-7-10(17)18/h2-3,5-6H,1,4,7H2,(H,17,18)(H,15,19,21)/b9-6+. The van der Waals surface area contributed by atoms with E-state index in [2.05, 4.69) is 11.9 Å². The molecular weight excluding hydrogens is 356 g/mol. The number of nitrogens with zero attached hydrogens (tertiary/aromatic N) is 1. The quantitative estimate of drug-likeness (QED) is 0.261. The van der Waals surface area contributed by atoms with Crippen LogP contribution in [0.4, 0.5) is 0 Å². The Morgan fingerprint density at radius 1 is 1.52 bits per heavy atom. The van der Waals surface area contributed by atoms with Crippen LogP contribution in [-0.4, -0.2) is 45.2 Å². The molecule has 0 aliphatic carbocycles. The number of carbonyl (C=O) groups is 3. The number of hydrogen-bond acceptors (Lipinski definition) is 6. The van der Waals surface area contributed by atoms with E-state index in [4.69, 9.17) is 17.3 Å². The second-order valence-electron chi connectivity index (χ2n) is 4.37. The second-order valence-corrected chi connectivity index (χ2v) is 6.91. The van der Waals surface area contributed by atoms with Crippen LogP contribution in [0.25, 0.3) is 6.08 Å². The molecular formula is C14H12N2O4S3. The number of thioether (sulfide) groups is 1. The molecule has 1 aliphatic rings. The van der Waals surface area contributed by atoms with Gasteiger partial charge in [-0.2, -0.15) is 0 Å². The summed E-state index contributed by atoms with van der Waals surface area (Å²) in [5, 5.41) is 13.0. The third-order valence-corrected chi connectivity index (χ3v) is 5.36. The van der Waals surface area contributed by atoms with Crippen LogP contribution >= 0.6 is 35.3 Å². The van der Waals surface area contributed by atoms with Crippen molar-refractivity contribution in [3.8, 4) is 0 Å². The summed E-state index contributed by atoms with van der Waals surface area (Å²) in [5.74, 6) is -2.10. The summed E-state index contributed by atoms with van der Waals surface area (Å²) in [5.41, 5.74) is 0.585. The summed E-state index contributed by atoms with van der Waals surface area (Å²) in [6, 6.07) is 1.73. The van der Waals surface area contributed by atoms with Gasteiger partial charge in [-0.3, -0.25) is 24.6 Å². The smallest absolute Gasteiger partial charge is 0.313 e. The summed E-state index contributed by atoms with van der Waals surface area (Å²) >= 11 is 7.47. The summed E-state index contributed by atoms with van der Waals surface area (Å²) in [6.07, 6.45) is 2.97. The van der Waals surface area contributed by atoms with Crippen LogP contribution < -0.4 is 5.32 Å². The van der Waals surface area contributed by atoms with Crippen LogP contribution in [0.15, 0.2) is 33.9 Å². The molecule has 2 N–H and O–H groups in total. The number of rotatable bonds is 6. The van der Waals surface area contributed by atoms with Crippen LogP contribution in [-0.2, 0) is 14.4 Å². The normalized spacial score (nSPS) is 16.6. The molecule has 1 aliphatic heterocycles. The molecule has 0 aromatic carbocycles. The van der Waals surface area contributed by atoms with E-state index in [0.717, 1.165) is 16.0 Å². The molecule has 2 amide bonds. The van der Waals surface area contributed by atoms with Crippen LogP contribution in [0.2, 0.25) is 0 Å². The number of carbonyl (C=O) groups excluding carboxylic acids is 2. The number of thiocarbonyl (C=S) groups is 1. The minimum atomic E-state index is -0.934. The molecule has 1 aromatic heterocycles. The summed E-state index contributed by atoms with van der Waals surface area (Å²) in [7, 11) is 0. The number of thiophene rings is 1. The van der Waals surface area contributed by atoms with Crippen molar-refractivity contribution >= 4 is 64.3 Å². The van der Waals surface area contributed by atoms with E-state index in [-0.39, 0.29) is 23.0 Å². The van der Waals surface area contributed by atoms with Gasteiger partial charge in [0.15, 0.2) is 5.11 Å². The molecule has 2 rings (SSSR count). The van der Waals surface area contributed by atoms with E-state index in [9.17, 15) is 14.4 Å². The third-order valence-electron chi connectivity index (χ3n) is 2.78. The molecule has 1 fully saturated rings. The predicted octanol–water partition coefficient (Wildman–Crippen LogP) is 1.74. The summed E-state index contributed by atoms with van der Waals surface area (Å²) in [4.78, 5) is 36.3. The van der Waals surface area contributed by atoms with Gasteiger partial charge in [0, 0.05) is 6.54 Å². The minimum Gasteiger partial charge on any atom is -0.481 e. The highest BCUT2D eigenvalue weighted by Gasteiger charge is 2.32. The number of carboxylic acids is 1. The Kier molecular flexibility index (Phi) is 5.69. The number of carboxylic acid groups (broad SMARTS) is 1. The fraction of sp³-hybridized carbons (Fsp3) is 0.143. The predicted molar refractivity (Wildman–Crippen MR) is 93.3 cm³/mol.